The van der Waals surface area contributed by atoms with Crippen molar-refractivity contribution in [1.82, 2.24) is 25.3 Å². The maximum Gasteiger partial charge on any atom is 0.326 e. The number of benzene rings is 1. The zero-order valence-electron chi connectivity index (χ0n) is 18.4. The van der Waals surface area contributed by atoms with Gasteiger partial charge in [-0.15, -0.1) is 0 Å². The second-order valence-corrected chi connectivity index (χ2v) is 7.28. The van der Waals surface area contributed by atoms with Crippen LogP contribution in [0, 0.1) is 0 Å². The van der Waals surface area contributed by atoms with E-state index >= 15 is 0 Å². The Labute approximate surface area is 196 Å². The van der Waals surface area contributed by atoms with E-state index in [-0.39, 0.29) is 42.1 Å². The minimum absolute atomic E-state index is 0.0491. The number of ether oxygens (including phenoxy) is 1. The highest BCUT2D eigenvalue weighted by Crippen LogP contribution is 2.12. The average molecular weight is 483 g/mol. The van der Waals surface area contributed by atoms with Crippen LogP contribution in [0.4, 0.5) is 11.6 Å². The molecule has 0 bridgehead atoms. The third-order valence-electron chi connectivity index (χ3n) is 4.60. The number of carbonyl (C=O) groups is 4. The summed E-state index contributed by atoms with van der Waals surface area (Å²) in [6.45, 7) is 1.27. The van der Waals surface area contributed by atoms with Crippen molar-refractivity contribution in [1.29, 1.82) is 0 Å². The Balaban J connectivity index is 1.58. The number of hydrogen-bond acceptors (Lipinski definition) is 11. The average Bonchev–Trinajstić information content (AvgIpc) is 2.80. The molecule has 3 aromatic rings. The van der Waals surface area contributed by atoms with Gasteiger partial charge in [0.05, 0.1) is 18.4 Å². The predicted octanol–water partition coefficient (Wildman–Crippen LogP) is -0.0397. The first-order valence-corrected chi connectivity index (χ1v) is 10.2. The van der Waals surface area contributed by atoms with Gasteiger partial charge < -0.3 is 26.2 Å². The minimum Gasteiger partial charge on any atom is -0.480 e. The highest BCUT2D eigenvalue weighted by Gasteiger charge is 2.22. The van der Waals surface area contributed by atoms with Gasteiger partial charge in [-0.3, -0.25) is 24.2 Å². The number of rotatable bonds is 9. The van der Waals surface area contributed by atoms with Crippen molar-refractivity contribution in [2.75, 3.05) is 11.1 Å². The lowest BCUT2D eigenvalue weighted by molar-refractivity contribution is -0.158. The van der Waals surface area contributed by atoms with Crippen LogP contribution < -0.4 is 21.9 Å². The molecule has 0 radical (unpaired) electrons. The quantitative estimate of drug-likeness (QED) is 0.200. The topological polar surface area (TPSA) is 219 Å². The molecule has 0 unspecified atom stereocenters. The molecule has 0 fully saturated rings. The lowest BCUT2D eigenvalue weighted by atomic mass is 10.1. The standard InChI is InChI=1S/C21H21N7O7/c1-10(29)35-15(30)7-6-14(20(33)34)26-18(31)11-2-4-12(5-3-11)23-8-13-9-24-17-16(25-13)19(32)28-21(22)27-17/h2-5,9,14,23H,6-8H2,1H3,(H,26,31)(H,33,34)(H3,22,24,27,28,32)/t14-/m0/s1. The molecule has 14 heteroatoms. The van der Waals surface area contributed by atoms with E-state index in [2.05, 4.69) is 35.3 Å². The maximum atomic E-state index is 12.4. The molecule has 0 saturated heterocycles. The van der Waals surface area contributed by atoms with Gasteiger partial charge in [0.25, 0.3) is 11.5 Å². The molecule has 182 valence electrons. The predicted molar refractivity (Wildman–Crippen MR) is 121 cm³/mol. The number of aromatic nitrogens is 4. The number of nitrogens with two attached hydrogens (primary N) is 1. The number of esters is 2. The van der Waals surface area contributed by atoms with Crippen LogP contribution in [0.15, 0.2) is 35.3 Å². The van der Waals surface area contributed by atoms with E-state index in [1.54, 1.807) is 12.1 Å². The zero-order valence-corrected chi connectivity index (χ0v) is 18.4. The van der Waals surface area contributed by atoms with E-state index in [0.29, 0.717) is 11.4 Å². The van der Waals surface area contributed by atoms with Gasteiger partial charge in [0, 0.05) is 24.6 Å². The number of anilines is 2. The molecule has 0 spiro atoms. The summed E-state index contributed by atoms with van der Waals surface area (Å²) >= 11 is 0. The molecule has 14 nitrogen and oxygen atoms in total. The number of nitrogens with one attached hydrogen (secondary N) is 3. The first-order valence-electron chi connectivity index (χ1n) is 10.2. The number of aliphatic carboxylic acids is 1. The Bertz CT molecular complexity index is 1340. The summed E-state index contributed by atoms with van der Waals surface area (Å²) < 4.78 is 4.35. The molecule has 6 N–H and O–H groups in total. The van der Waals surface area contributed by atoms with Crippen LogP contribution in [0.2, 0.25) is 0 Å². The molecule has 1 aromatic carbocycles. The number of carboxylic acid groups (broad SMARTS) is 1. The second kappa shape index (κ2) is 10.8. The van der Waals surface area contributed by atoms with Crippen LogP contribution in [-0.4, -0.2) is 54.9 Å². The van der Waals surface area contributed by atoms with Crippen LogP contribution in [0.1, 0.15) is 35.8 Å². The van der Waals surface area contributed by atoms with Crippen LogP contribution in [0.5, 0.6) is 0 Å². The number of carbonyl (C=O) groups excluding carboxylic acids is 3. The first-order chi connectivity index (χ1) is 16.6. The number of aromatic amines is 1. The SMILES string of the molecule is CC(=O)OC(=O)CC[C@H](NC(=O)c1ccc(NCc2cnc3nc(N)[nH]c(=O)c3n2)cc1)C(=O)O. The highest BCUT2D eigenvalue weighted by molar-refractivity contribution is 5.97. The number of H-pyrrole nitrogens is 1. The molecule has 2 heterocycles. The first kappa shape index (κ1) is 24.8. The fourth-order valence-electron chi connectivity index (χ4n) is 2.96. The molecule has 0 aliphatic rings. The van der Waals surface area contributed by atoms with Crippen LogP contribution in [0.3, 0.4) is 0 Å². The Morgan fingerprint density at radius 1 is 1.17 bits per heavy atom. The van der Waals surface area contributed by atoms with Crippen molar-refractivity contribution in [3.63, 3.8) is 0 Å². The fourth-order valence-corrected chi connectivity index (χ4v) is 2.96. The maximum absolute atomic E-state index is 12.4. The molecule has 0 aliphatic heterocycles. The molecule has 0 saturated carbocycles. The van der Waals surface area contributed by atoms with Crippen LogP contribution >= 0.6 is 0 Å². The fraction of sp³-hybridized carbons (Fsp3) is 0.238. The van der Waals surface area contributed by atoms with Gasteiger partial charge in [0.2, 0.25) is 5.95 Å². The van der Waals surface area contributed by atoms with Gasteiger partial charge in [-0.25, -0.2) is 14.8 Å². The minimum atomic E-state index is -1.35. The summed E-state index contributed by atoms with van der Waals surface area (Å²) in [5.74, 6) is -3.73. The summed E-state index contributed by atoms with van der Waals surface area (Å²) in [6, 6.07) is 4.80. The highest BCUT2D eigenvalue weighted by atomic mass is 16.6. The smallest absolute Gasteiger partial charge is 0.326 e. The van der Waals surface area contributed by atoms with Crippen molar-refractivity contribution >= 4 is 46.6 Å². The Morgan fingerprint density at radius 3 is 2.54 bits per heavy atom. The second-order valence-electron chi connectivity index (χ2n) is 7.28. The van der Waals surface area contributed by atoms with Gasteiger partial charge in [-0.05, 0) is 30.7 Å². The number of nitrogens with zero attached hydrogens (tertiary/aromatic N) is 3. The van der Waals surface area contributed by atoms with Crippen molar-refractivity contribution < 1.29 is 29.0 Å². The number of nitrogen functional groups attached to an aromatic ring is 1. The molecular weight excluding hydrogens is 462 g/mol. The van der Waals surface area contributed by atoms with E-state index in [1.807, 2.05) is 0 Å². The molecule has 1 amide bonds. The zero-order chi connectivity index (χ0) is 25.5. The largest absolute Gasteiger partial charge is 0.480 e. The number of amides is 1. The summed E-state index contributed by atoms with van der Waals surface area (Å²) in [7, 11) is 0. The van der Waals surface area contributed by atoms with Crippen molar-refractivity contribution in [2.45, 2.75) is 32.4 Å². The lowest BCUT2D eigenvalue weighted by Crippen LogP contribution is -2.41. The monoisotopic (exact) mass is 483 g/mol. The molecule has 1 atom stereocenters. The number of fused-ring (bicyclic) bond motifs is 1. The summed E-state index contributed by atoms with van der Waals surface area (Å²) in [6.07, 6.45) is 0.846. The van der Waals surface area contributed by atoms with Gasteiger partial charge >= 0.3 is 17.9 Å². The number of hydrogen-bond donors (Lipinski definition) is 5. The Hall–Kier alpha value is -4.88. The molecule has 2 aromatic heterocycles. The van der Waals surface area contributed by atoms with Crippen LogP contribution in [-0.2, 0) is 25.7 Å². The van der Waals surface area contributed by atoms with E-state index in [0.717, 1.165) is 6.92 Å². The summed E-state index contributed by atoms with van der Waals surface area (Å²) in [5, 5.41) is 14.7. The van der Waals surface area contributed by atoms with E-state index in [1.165, 1.54) is 18.3 Å². The summed E-state index contributed by atoms with van der Waals surface area (Å²) in [5.41, 5.74) is 6.42. The number of carboxylic acids is 1. The molecule has 3 rings (SSSR count). The van der Waals surface area contributed by atoms with E-state index < -0.39 is 35.4 Å². The molecule has 35 heavy (non-hydrogen) atoms. The Kier molecular flexibility index (Phi) is 7.66. The lowest BCUT2D eigenvalue weighted by Gasteiger charge is -2.14. The van der Waals surface area contributed by atoms with Crippen molar-refractivity contribution in [3.8, 4) is 0 Å². The third kappa shape index (κ3) is 6.80. The van der Waals surface area contributed by atoms with E-state index in [9.17, 15) is 29.1 Å². The van der Waals surface area contributed by atoms with Crippen molar-refractivity contribution in [3.05, 3.63) is 52.1 Å². The Morgan fingerprint density at radius 2 is 1.89 bits per heavy atom. The van der Waals surface area contributed by atoms with Gasteiger partial charge in [-0.1, -0.05) is 0 Å². The van der Waals surface area contributed by atoms with Gasteiger partial charge in [0.15, 0.2) is 11.2 Å². The third-order valence-corrected chi connectivity index (χ3v) is 4.60. The van der Waals surface area contributed by atoms with Crippen LogP contribution in [0.25, 0.3) is 11.2 Å². The molecular formula is C21H21N7O7. The van der Waals surface area contributed by atoms with Gasteiger partial charge in [-0.2, -0.15) is 4.98 Å². The van der Waals surface area contributed by atoms with Gasteiger partial charge in [0.1, 0.15) is 6.04 Å². The van der Waals surface area contributed by atoms with E-state index in [4.69, 9.17) is 5.73 Å². The summed E-state index contributed by atoms with van der Waals surface area (Å²) in [4.78, 5) is 72.5. The normalized spacial score (nSPS) is 11.5. The van der Waals surface area contributed by atoms with Crippen molar-refractivity contribution in [2.24, 2.45) is 0 Å². The molecule has 0 aliphatic carbocycles.